The highest BCUT2D eigenvalue weighted by atomic mass is 35.5. The molecule has 0 saturated carbocycles. The summed E-state index contributed by atoms with van der Waals surface area (Å²) in [5, 5.41) is 6.95. The summed E-state index contributed by atoms with van der Waals surface area (Å²) in [6.45, 7) is 7.94. The molecule has 3 amide bonds. The zero-order chi connectivity index (χ0) is 22.2. The molecule has 1 aromatic carbocycles. The summed E-state index contributed by atoms with van der Waals surface area (Å²) in [7, 11) is 0. The predicted octanol–water partition coefficient (Wildman–Crippen LogP) is 1.76. The average molecular weight is 448 g/mol. The first kappa shape index (κ1) is 21.9. The maximum atomic E-state index is 12.8. The summed E-state index contributed by atoms with van der Waals surface area (Å²) < 4.78 is 0. The van der Waals surface area contributed by atoms with Crippen LogP contribution in [0.2, 0.25) is 5.02 Å². The smallest absolute Gasteiger partial charge is 0.255 e. The van der Waals surface area contributed by atoms with Gasteiger partial charge in [-0.1, -0.05) is 11.6 Å². The van der Waals surface area contributed by atoms with Gasteiger partial charge in [-0.15, -0.1) is 0 Å². The van der Waals surface area contributed by atoms with Crippen LogP contribution in [0.5, 0.6) is 0 Å². The molecule has 1 aromatic rings. The Bertz CT molecular complexity index is 884. The SMILES string of the molecule is CC(C)N1CCN(C(=O)CN2CCC3(CCC2=O)NC(=O)c2cc(Cl)ccc2N3)CC1. The third kappa shape index (κ3) is 4.65. The fraction of sp³-hybridized carbons (Fsp3) is 0.591. The van der Waals surface area contributed by atoms with Crippen molar-refractivity contribution in [3.05, 3.63) is 28.8 Å². The van der Waals surface area contributed by atoms with Crippen LogP contribution in [0.25, 0.3) is 0 Å². The normalized spacial score (nSPS) is 24.6. The van der Waals surface area contributed by atoms with Crippen molar-refractivity contribution < 1.29 is 14.4 Å². The molecule has 2 fully saturated rings. The Kier molecular flexibility index (Phi) is 6.12. The molecule has 0 aliphatic carbocycles. The topological polar surface area (TPSA) is 85.0 Å². The van der Waals surface area contributed by atoms with E-state index in [0.717, 1.165) is 13.1 Å². The fourth-order valence-electron chi connectivity index (χ4n) is 4.61. The Balaban J connectivity index is 1.39. The number of nitrogens with zero attached hydrogens (tertiary/aromatic N) is 3. The monoisotopic (exact) mass is 447 g/mol. The molecule has 3 aliphatic heterocycles. The number of carbonyl (C=O) groups is 3. The first-order valence-electron chi connectivity index (χ1n) is 11.0. The number of anilines is 1. The van der Waals surface area contributed by atoms with Gasteiger partial charge in [-0.05, 0) is 38.5 Å². The number of carbonyl (C=O) groups excluding carboxylic acids is 3. The fourth-order valence-corrected chi connectivity index (χ4v) is 4.78. The van der Waals surface area contributed by atoms with Crippen LogP contribution in [-0.4, -0.2) is 83.4 Å². The molecule has 0 aromatic heterocycles. The Labute approximate surface area is 187 Å². The molecule has 168 valence electrons. The molecule has 0 bridgehead atoms. The lowest BCUT2D eigenvalue weighted by Gasteiger charge is -2.40. The summed E-state index contributed by atoms with van der Waals surface area (Å²) in [5.41, 5.74) is 0.517. The van der Waals surface area contributed by atoms with Gasteiger partial charge >= 0.3 is 0 Å². The second kappa shape index (κ2) is 8.67. The molecule has 2 N–H and O–H groups in total. The number of amides is 3. The first-order chi connectivity index (χ1) is 14.8. The highest BCUT2D eigenvalue weighted by Gasteiger charge is 2.41. The van der Waals surface area contributed by atoms with E-state index in [1.807, 2.05) is 4.90 Å². The van der Waals surface area contributed by atoms with Crippen LogP contribution >= 0.6 is 11.6 Å². The van der Waals surface area contributed by atoms with Gasteiger partial charge in [-0.3, -0.25) is 19.3 Å². The summed E-state index contributed by atoms with van der Waals surface area (Å²) in [6.07, 6.45) is 1.27. The lowest BCUT2D eigenvalue weighted by molar-refractivity contribution is -0.141. The molecule has 4 rings (SSSR count). The number of rotatable bonds is 3. The van der Waals surface area contributed by atoms with Crippen molar-refractivity contribution in [2.24, 2.45) is 0 Å². The van der Waals surface area contributed by atoms with Gasteiger partial charge in [0.05, 0.1) is 12.1 Å². The van der Waals surface area contributed by atoms with Crippen LogP contribution in [0, 0.1) is 0 Å². The zero-order valence-corrected chi connectivity index (χ0v) is 18.9. The number of piperazine rings is 1. The van der Waals surface area contributed by atoms with E-state index in [4.69, 9.17) is 11.6 Å². The minimum absolute atomic E-state index is 0.00617. The maximum Gasteiger partial charge on any atom is 0.255 e. The van der Waals surface area contributed by atoms with Crippen molar-refractivity contribution in [2.75, 3.05) is 44.6 Å². The number of hydrogen-bond acceptors (Lipinski definition) is 5. The Morgan fingerprint density at radius 1 is 1.10 bits per heavy atom. The molecule has 3 aliphatic rings. The summed E-state index contributed by atoms with van der Waals surface area (Å²) in [4.78, 5) is 44.1. The van der Waals surface area contributed by atoms with E-state index < -0.39 is 5.66 Å². The third-order valence-corrected chi connectivity index (χ3v) is 6.84. The molecule has 1 unspecified atom stereocenters. The van der Waals surface area contributed by atoms with Crippen molar-refractivity contribution in [1.29, 1.82) is 0 Å². The summed E-state index contributed by atoms with van der Waals surface area (Å²) in [5.74, 6) is -0.256. The number of halogens is 1. The largest absolute Gasteiger partial charge is 0.362 e. The van der Waals surface area contributed by atoms with Gasteiger partial charge in [0, 0.05) is 62.3 Å². The molecule has 2 saturated heterocycles. The first-order valence-corrected chi connectivity index (χ1v) is 11.3. The van der Waals surface area contributed by atoms with Crippen molar-refractivity contribution in [3.8, 4) is 0 Å². The average Bonchev–Trinajstić information content (AvgIpc) is 2.89. The highest BCUT2D eigenvalue weighted by molar-refractivity contribution is 6.31. The van der Waals surface area contributed by atoms with E-state index in [-0.39, 0.29) is 30.7 Å². The van der Waals surface area contributed by atoms with Gasteiger partial charge in [0.2, 0.25) is 11.8 Å². The van der Waals surface area contributed by atoms with E-state index >= 15 is 0 Å². The van der Waals surface area contributed by atoms with E-state index in [1.165, 1.54) is 0 Å². The van der Waals surface area contributed by atoms with Crippen molar-refractivity contribution >= 4 is 35.0 Å². The van der Waals surface area contributed by atoms with Crippen LogP contribution in [0.15, 0.2) is 18.2 Å². The molecule has 1 atom stereocenters. The lowest BCUT2D eigenvalue weighted by Crippen LogP contribution is -2.58. The Hall–Kier alpha value is -2.32. The second-order valence-electron chi connectivity index (χ2n) is 8.93. The molecule has 31 heavy (non-hydrogen) atoms. The predicted molar refractivity (Wildman–Crippen MR) is 119 cm³/mol. The van der Waals surface area contributed by atoms with Crippen molar-refractivity contribution in [3.63, 3.8) is 0 Å². The van der Waals surface area contributed by atoms with Crippen LogP contribution in [0.4, 0.5) is 5.69 Å². The standard InChI is InChI=1S/C22H30ClN5O3/c1-15(2)26-9-11-27(12-10-26)20(30)14-28-8-7-22(6-5-19(28)29)24-18-4-3-16(23)13-17(18)21(31)25-22/h3-4,13,15,24H,5-12,14H2,1-2H3,(H,25,31). The third-order valence-electron chi connectivity index (χ3n) is 6.60. The van der Waals surface area contributed by atoms with Crippen LogP contribution in [0.1, 0.15) is 43.5 Å². The van der Waals surface area contributed by atoms with E-state index in [9.17, 15) is 14.4 Å². The van der Waals surface area contributed by atoms with E-state index in [2.05, 4.69) is 29.4 Å². The molecule has 0 radical (unpaired) electrons. The Morgan fingerprint density at radius 2 is 1.84 bits per heavy atom. The van der Waals surface area contributed by atoms with Gasteiger partial charge in [-0.2, -0.15) is 0 Å². The van der Waals surface area contributed by atoms with Crippen molar-refractivity contribution in [1.82, 2.24) is 20.0 Å². The van der Waals surface area contributed by atoms with Gasteiger partial charge in [0.25, 0.3) is 5.91 Å². The summed E-state index contributed by atoms with van der Waals surface area (Å²) in [6, 6.07) is 5.65. The number of likely N-dealkylation sites (tertiary alicyclic amines) is 1. The van der Waals surface area contributed by atoms with Gasteiger partial charge in [-0.25, -0.2) is 0 Å². The van der Waals surface area contributed by atoms with Crippen LogP contribution < -0.4 is 10.6 Å². The summed E-state index contributed by atoms with van der Waals surface area (Å²) >= 11 is 6.02. The number of nitrogens with one attached hydrogen (secondary N) is 2. The van der Waals surface area contributed by atoms with Gasteiger partial charge in [0.15, 0.2) is 0 Å². The van der Waals surface area contributed by atoms with Crippen LogP contribution in [0.3, 0.4) is 0 Å². The lowest BCUT2D eigenvalue weighted by atomic mass is 9.95. The molecular weight excluding hydrogens is 418 g/mol. The molecule has 9 heteroatoms. The molecule has 8 nitrogen and oxygen atoms in total. The number of benzene rings is 1. The highest BCUT2D eigenvalue weighted by Crippen LogP contribution is 2.33. The number of fused-ring (bicyclic) bond motifs is 1. The second-order valence-corrected chi connectivity index (χ2v) is 9.36. The minimum atomic E-state index is -0.700. The quantitative estimate of drug-likeness (QED) is 0.737. The molecule has 1 spiro atoms. The number of hydrogen-bond donors (Lipinski definition) is 2. The van der Waals surface area contributed by atoms with E-state index in [0.29, 0.717) is 54.8 Å². The van der Waals surface area contributed by atoms with Gasteiger partial charge < -0.3 is 20.4 Å². The molecule has 3 heterocycles. The minimum Gasteiger partial charge on any atom is -0.362 e. The zero-order valence-electron chi connectivity index (χ0n) is 18.1. The Morgan fingerprint density at radius 3 is 2.55 bits per heavy atom. The van der Waals surface area contributed by atoms with Gasteiger partial charge in [0.1, 0.15) is 5.66 Å². The van der Waals surface area contributed by atoms with Crippen LogP contribution in [-0.2, 0) is 9.59 Å². The molecular formula is C22H30ClN5O3. The maximum absolute atomic E-state index is 12.8. The van der Waals surface area contributed by atoms with Crippen molar-refractivity contribution in [2.45, 2.75) is 44.8 Å². The van der Waals surface area contributed by atoms with E-state index in [1.54, 1.807) is 23.1 Å².